The van der Waals surface area contributed by atoms with Crippen LogP contribution < -0.4 is 5.73 Å². The van der Waals surface area contributed by atoms with Crippen LogP contribution in [-0.2, 0) is 20.4 Å². The van der Waals surface area contributed by atoms with Gasteiger partial charge in [0.1, 0.15) is 17.5 Å². The topological polar surface area (TPSA) is 156 Å². The predicted octanol–water partition coefficient (Wildman–Crippen LogP) is 2.77. The van der Waals surface area contributed by atoms with Crippen molar-refractivity contribution in [2.24, 2.45) is 0 Å². The summed E-state index contributed by atoms with van der Waals surface area (Å²) in [5.41, 5.74) is 6.46. The Morgan fingerprint density at radius 3 is 2.66 bits per heavy atom. The Bertz CT molecular complexity index is 1080. The van der Waals surface area contributed by atoms with Crippen LogP contribution in [0.5, 0.6) is 0 Å². The van der Waals surface area contributed by atoms with Gasteiger partial charge in [-0.05, 0) is 37.7 Å². The summed E-state index contributed by atoms with van der Waals surface area (Å²) in [6, 6.07) is 5.39. The number of amides is 1. The lowest BCUT2D eigenvalue weighted by molar-refractivity contribution is -0.116. The molecule has 0 saturated heterocycles. The number of carbonyl (C=O) groups excluding carboxylic acids is 2. The van der Waals surface area contributed by atoms with E-state index < -0.39 is 25.4 Å². The fourth-order valence-electron chi connectivity index (χ4n) is 2.57. The second kappa shape index (κ2) is 11.3. The molecule has 0 aliphatic carbocycles. The molecular formula is C19H22FN4O6PS. The SMILES string of the molecule is CC(=C(CCOP(=O)(O)O)SC(=O)c1ccccc1F)N(C=O)Cc1cnc(C)nc1N. The molecule has 32 heavy (non-hydrogen) atoms. The number of aryl methyl sites for hydroxylation is 1. The Labute approximate surface area is 187 Å². The van der Waals surface area contributed by atoms with E-state index in [9.17, 15) is 18.5 Å². The number of phosphoric ester groups is 1. The minimum absolute atomic E-state index is 0.0151. The molecule has 172 valence electrons. The molecule has 0 atom stereocenters. The van der Waals surface area contributed by atoms with E-state index in [1.807, 2.05) is 0 Å². The summed E-state index contributed by atoms with van der Waals surface area (Å²) in [5, 5.41) is -0.641. The largest absolute Gasteiger partial charge is 0.469 e. The second-order valence-electron chi connectivity index (χ2n) is 6.51. The lowest BCUT2D eigenvalue weighted by atomic mass is 10.2. The van der Waals surface area contributed by atoms with Gasteiger partial charge in [-0.25, -0.2) is 18.9 Å². The number of thioether (sulfide) groups is 1. The molecule has 0 radical (unpaired) electrons. The molecule has 1 heterocycles. The van der Waals surface area contributed by atoms with Crippen LogP contribution in [0.1, 0.15) is 35.1 Å². The van der Waals surface area contributed by atoms with Crippen LogP contribution in [0, 0.1) is 12.7 Å². The molecule has 0 unspecified atom stereocenters. The molecule has 10 nitrogen and oxygen atoms in total. The van der Waals surface area contributed by atoms with Crippen molar-refractivity contribution in [1.29, 1.82) is 0 Å². The van der Waals surface area contributed by atoms with Crippen molar-refractivity contribution in [2.75, 3.05) is 12.3 Å². The number of nitrogen functional groups attached to an aromatic ring is 1. The van der Waals surface area contributed by atoms with E-state index in [1.165, 1.54) is 36.2 Å². The normalized spacial score (nSPS) is 12.3. The van der Waals surface area contributed by atoms with Crippen LogP contribution in [-0.4, -0.2) is 42.8 Å². The molecule has 1 aromatic carbocycles. The maximum absolute atomic E-state index is 14.0. The zero-order chi connectivity index (χ0) is 23.9. The van der Waals surface area contributed by atoms with Crippen LogP contribution in [0.4, 0.5) is 10.2 Å². The first-order valence-electron chi connectivity index (χ1n) is 9.18. The molecule has 0 saturated carbocycles. The number of halogens is 1. The predicted molar refractivity (Wildman–Crippen MR) is 116 cm³/mol. The smallest absolute Gasteiger partial charge is 0.383 e. The zero-order valence-electron chi connectivity index (χ0n) is 17.3. The molecular weight excluding hydrogens is 462 g/mol. The average molecular weight is 484 g/mol. The Morgan fingerprint density at radius 1 is 1.38 bits per heavy atom. The highest BCUT2D eigenvalue weighted by Crippen LogP contribution is 2.37. The summed E-state index contributed by atoms with van der Waals surface area (Å²) in [4.78, 5) is 51.9. The van der Waals surface area contributed by atoms with Crippen LogP contribution >= 0.6 is 19.6 Å². The Hall–Kier alpha value is -2.63. The third-order valence-electron chi connectivity index (χ3n) is 4.22. The Kier molecular flexibility index (Phi) is 9.05. The number of allylic oxidation sites excluding steroid dienone is 1. The number of anilines is 1. The Balaban J connectivity index is 2.34. The lowest BCUT2D eigenvalue weighted by Crippen LogP contribution is -2.22. The van der Waals surface area contributed by atoms with Gasteiger partial charge in [-0.2, -0.15) is 0 Å². The minimum Gasteiger partial charge on any atom is -0.383 e. The molecule has 0 aliphatic rings. The number of hydrogen-bond acceptors (Lipinski definition) is 8. The Morgan fingerprint density at radius 2 is 2.06 bits per heavy atom. The molecule has 0 aliphatic heterocycles. The van der Waals surface area contributed by atoms with Crippen molar-refractivity contribution in [1.82, 2.24) is 14.9 Å². The van der Waals surface area contributed by atoms with Crippen LogP contribution in [0.2, 0.25) is 0 Å². The number of rotatable bonds is 10. The molecule has 0 spiro atoms. The summed E-state index contributed by atoms with van der Waals surface area (Å²) >= 11 is 0.636. The van der Waals surface area contributed by atoms with E-state index in [-0.39, 0.29) is 29.3 Å². The van der Waals surface area contributed by atoms with Gasteiger partial charge in [0, 0.05) is 28.8 Å². The minimum atomic E-state index is -4.74. The average Bonchev–Trinajstić information content (AvgIpc) is 2.71. The first kappa shape index (κ1) is 25.6. The van der Waals surface area contributed by atoms with Gasteiger partial charge >= 0.3 is 7.82 Å². The number of nitrogens with zero attached hydrogens (tertiary/aromatic N) is 3. The molecule has 0 bridgehead atoms. The van der Waals surface area contributed by atoms with Crippen molar-refractivity contribution in [2.45, 2.75) is 26.8 Å². The fraction of sp³-hybridized carbons (Fsp3) is 0.263. The number of hydrogen-bond donors (Lipinski definition) is 3. The molecule has 4 N–H and O–H groups in total. The summed E-state index contributed by atoms with van der Waals surface area (Å²) in [5.74, 6) is -0.0820. The van der Waals surface area contributed by atoms with Crippen LogP contribution in [0.3, 0.4) is 0 Å². The first-order chi connectivity index (χ1) is 15.0. The zero-order valence-corrected chi connectivity index (χ0v) is 19.0. The highest BCUT2D eigenvalue weighted by molar-refractivity contribution is 8.17. The van der Waals surface area contributed by atoms with Crippen molar-refractivity contribution in [3.63, 3.8) is 0 Å². The third kappa shape index (κ3) is 7.50. The van der Waals surface area contributed by atoms with Gasteiger partial charge in [-0.3, -0.25) is 14.1 Å². The molecule has 1 aromatic heterocycles. The maximum Gasteiger partial charge on any atom is 0.469 e. The number of nitrogens with two attached hydrogens (primary N) is 1. The van der Waals surface area contributed by atoms with E-state index in [0.29, 0.717) is 35.3 Å². The number of benzene rings is 1. The van der Waals surface area contributed by atoms with Gasteiger partial charge in [0.25, 0.3) is 0 Å². The van der Waals surface area contributed by atoms with Gasteiger partial charge < -0.3 is 20.4 Å². The van der Waals surface area contributed by atoms with Gasteiger partial charge in [-0.15, -0.1) is 0 Å². The van der Waals surface area contributed by atoms with Gasteiger partial charge in [0.15, 0.2) is 0 Å². The van der Waals surface area contributed by atoms with Crippen molar-refractivity contribution < 1.29 is 32.9 Å². The third-order valence-corrected chi connectivity index (χ3v) is 5.89. The van der Waals surface area contributed by atoms with E-state index in [2.05, 4.69) is 14.5 Å². The second-order valence-corrected chi connectivity index (χ2v) is 8.82. The first-order valence-corrected chi connectivity index (χ1v) is 11.5. The monoisotopic (exact) mass is 484 g/mol. The molecule has 1 amide bonds. The quantitative estimate of drug-likeness (QED) is 0.338. The maximum atomic E-state index is 14.0. The summed E-state index contributed by atoms with van der Waals surface area (Å²) in [6.07, 6.45) is 1.86. The van der Waals surface area contributed by atoms with Gasteiger partial charge in [0.05, 0.1) is 18.7 Å². The van der Waals surface area contributed by atoms with E-state index in [0.717, 1.165) is 6.07 Å². The highest BCUT2D eigenvalue weighted by Gasteiger charge is 2.21. The van der Waals surface area contributed by atoms with Crippen molar-refractivity contribution >= 4 is 36.9 Å². The van der Waals surface area contributed by atoms with Crippen LogP contribution in [0.25, 0.3) is 0 Å². The van der Waals surface area contributed by atoms with Gasteiger partial charge in [-0.1, -0.05) is 12.1 Å². The summed E-state index contributed by atoms with van der Waals surface area (Å²) in [7, 11) is -4.74. The molecule has 13 heteroatoms. The van der Waals surface area contributed by atoms with E-state index in [4.69, 9.17) is 15.5 Å². The number of carbonyl (C=O) groups is 2. The number of phosphoric acid groups is 1. The van der Waals surface area contributed by atoms with E-state index in [1.54, 1.807) is 6.92 Å². The van der Waals surface area contributed by atoms with Crippen LogP contribution in [0.15, 0.2) is 41.1 Å². The summed E-state index contributed by atoms with van der Waals surface area (Å²) < 4.78 is 29.5. The lowest BCUT2D eigenvalue weighted by Gasteiger charge is -2.22. The number of aromatic nitrogens is 2. The van der Waals surface area contributed by atoms with Crippen molar-refractivity contribution in [3.8, 4) is 0 Å². The molecule has 2 aromatic rings. The molecule has 2 rings (SSSR count). The highest BCUT2D eigenvalue weighted by atomic mass is 32.2. The van der Waals surface area contributed by atoms with E-state index >= 15 is 0 Å². The summed E-state index contributed by atoms with van der Waals surface area (Å²) in [6.45, 7) is 2.75. The fourth-order valence-corrected chi connectivity index (χ4v) is 3.85. The van der Waals surface area contributed by atoms with Crippen molar-refractivity contribution in [3.05, 3.63) is 63.8 Å². The standard InChI is InChI=1S/C19H22FN4O6PS/c1-12(24(11-25)10-14-9-22-13(2)23-18(14)21)17(7-8-30-31(27,28)29)32-19(26)15-5-3-4-6-16(15)20/h3-6,9,11H,7-8,10H2,1-2H3,(H2,21,22,23)(H2,27,28,29). The van der Waals surface area contributed by atoms with Gasteiger partial charge in [0.2, 0.25) is 11.5 Å². The molecule has 0 fully saturated rings.